The summed E-state index contributed by atoms with van der Waals surface area (Å²) in [6.07, 6.45) is 0.223. The van der Waals surface area contributed by atoms with Gasteiger partial charge in [-0.15, -0.1) is 0 Å². The summed E-state index contributed by atoms with van der Waals surface area (Å²) >= 11 is 0. The van der Waals surface area contributed by atoms with E-state index < -0.39 is 0 Å². The fourth-order valence-corrected chi connectivity index (χ4v) is 2.83. The van der Waals surface area contributed by atoms with Crippen LogP contribution < -0.4 is 5.32 Å². The molecule has 3 aromatic carbocycles. The van der Waals surface area contributed by atoms with Crippen LogP contribution in [0.2, 0.25) is 0 Å². The van der Waals surface area contributed by atoms with Gasteiger partial charge in [-0.3, -0.25) is 14.4 Å². The van der Waals surface area contributed by atoms with Crippen molar-refractivity contribution in [1.29, 1.82) is 0 Å². The lowest BCUT2D eigenvalue weighted by Crippen LogP contribution is -2.14. The monoisotopic (exact) mass is 371 g/mol. The summed E-state index contributed by atoms with van der Waals surface area (Å²) in [4.78, 5) is 36.9. The number of nitrogens with one attached hydrogen (secondary N) is 1. The van der Waals surface area contributed by atoms with Gasteiger partial charge in [-0.2, -0.15) is 0 Å². The van der Waals surface area contributed by atoms with Gasteiger partial charge in [-0.25, -0.2) is 0 Å². The predicted octanol–water partition coefficient (Wildman–Crippen LogP) is 4.83. The molecule has 0 atom stereocenters. The van der Waals surface area contributed by atoms with Crippen LogP contribution in [-0.4, -0.2) is 17.5 Å². The molecule has 1 amide bonds. The normalized spacial score (nSPS) is 10.3. The number of hydrogen-bond acceptors (Lipinski definition) is 3. The molecule has 0 saturated heterocycles. The Kier molecular flexibility index (Phi) is 6.12. The Morgan fingerprint density at radius 2 is 1.39 bits per heavy atom. The van der Waals surface area contributed by atoms with Gasteiger partial charge in [0.25, 0.3) is 0 Å². The summed E-state index contributed by atoms with van der Waals surface area (Å²) in [7, 11) is 0. The second-order valence-electron chi connectivity index (χ2n) is 6.61. The van der Waals surface area contributed by atoms with E-state index in [1.54, 1.807) is 48.5 Å². The second kappa shape index (κ2) is 8.91. The van der Waals surface area contributed by atoms with Crippen molar-refractivity contribution in [3.63, 3.8) is 0 Å². The Labute approximate surface area is 164 Å². The highest BCUT2D eigenvalue weighted by Gasteiger charge is 2.12. The Bertz CT molecular complexity index is 992. The standard InChI is InChI=1S/C24H21NO3/c1-17-10-12-18(13-11-17)22(26)14-15-23(27)25-21-9-5-8-20(16-21)24(28)19-6-3-2-4-7-19/h2-13,16H,14-15H2,1H3,(H,25,27). The molecule has 0 aliphatic carbocycles. The fourth-order valence-electron chi connectivity index (χ4n) is 2.83. The number of benzene rings is 3. The van der Waals surface area contributed by atoms with Crippen molar-refractivity contribution >= 4 is 23.2 Å². The van der Waals surface area contributed by atoms with E-state index in [9.17, 15) is 14.4 Å². The number of rotatable bonds is 7. The molecule has 0 unspecified atom stereocenters. The van der Waals surface area contributed by atoms with Crippen molar-refractivity contribution < 1.29 is 14.4 Å². The zero-order chi connectivity index (χ0) is 19.9. The van der Waals surface area contributed by atoms with Crippen LogP contribution in [0.3, 0.4) is 0 Å². The Balaban J connectivity index is 1.59. The quantitative estimate of drug-likeness (QED) is 0.605. The molecule has 4 heteroatoms. The lowest BCUT2D eigenvalue weighted by atomic mass is 10.0. The van der Waals surface area contributed by atoms with Gasteiger partial charge >= 0.3 is 0 Å². The van der Waals surface area contributed by atoms with E-state index in [-0.39, 0.29) is 30.3 Å². The summed E-state index contributed by atoms with van der Waals surface area (Å²) in [5.41, 5.74) is 3.32. The number of aryl methyl sites for hydroxylation is 1. The molecule has 0 aliphatic heterocycles. The zero-order valence-electron chi connectivity index (χ0n) is 15.6. The van der Waals surface area contributed by atoms with Crippen LogP contribution in [0.25, 0.3) is 0 Å². The van der Waals surface area contributed by atoms with Crippen LogP contribution in [0.15, 0.2) is 78.9 Å². The summed E-state index contributed by atoms with van der Waals surface area (Å²) in [5.74, 6) is -0.431. The lowest BCUT2D eigenvalue weighted by molar-refractivity contribution is -0.116. The Morgan fingerprint density at radius 1 is 0.714 bits per heavy atom. The highest BCUT2D eigenvalue weighted by Crippen LogP contribution is 2.16. The fraction of sp³-hybridized carbons (Fsp3) is 0.125. The summed E-state index contributed by atoms with van der Waals surface area (Å²) in [6.45, 7) is 1.96. The van der Waals surface area contributed by atoms with E-state index in [1.807, 2.05) is 37.3 Å². The van der Waals surface area contributed by atoms with E-state index in [2.05, 4.69) is 5.32 Å². The predicted molar refractivity (Wildman–Crippen MR) is 110 cm³/mol. The smallest absolute Gasteiger partial charge is 0.224 e. The van der Waals surface area contributed by atoms with Crippen LogP contribution in [-0.2, 0) is 4.79 Å². The molecule has 3 aromatic rings. The van der Waals surface area contributed by atoms with Crippen LogP contribution >= 0.6 is 0 Å². The molecule has 0 heterocycles. The van der Waals surface area contributed by atoms with Crippen molar-refractivity contribution in [3.8, 4) is 0 Å². The second-order valence-corrected chi connectivity index (χ2v) is 6.61. The SMILES string of the molecule is Cc1ccc(C(=O)CCC(=O)Nc2cccc(C(=O)c3ccccc3)c2)cc1. The first-order valence-corrected chi connectivity index (χ1v) is 9.12. The molecule has 0 radical (unpaired) electrons. The number of carbonyl (C=O) groups is 3. The van der Waals surface area contributed by atoms with Gasteiger partial charge in [0.05, 0.1) is 0 Å². The minimum Gasteiger partial charge on any atom is -0.326 e. The topological polar surface area (TPSA) is 63.2 Å². The van der Waals surface area contributed by atoms with Crippen molar-refractivity contribution in [2.75, 3.05) is 5.32 Å². The van der Waals surface area contributed by atoms with Gasteiger partial charge in [0, 0.05) is 35.2 Å². The van der Waals surface area contributed by atoms with E-state index in [4.69, 9.17) is 0 Å². The maximum absolute atomic E-state index is 12.5. The highest BCUT2D eigenvalue weighted by atomic mass is 16.2. The maximum atomic E-state index is 12.5. The van der Waals surface area contributed by atoms with Gasteiger partial charge in [-0.05, 0) is 19.1 Å². The first-order valence-electron chi connectivity index (χ1n) is 9.12. The largest absolute Gasteiger partial charge is 0.326 e. The van der Waals surface area contributed by atoms with E-state index >= 15 is 0 Å². The molecule has 0 spiro atoms. The van der Waals surface area contributed by atoms with Gasteiger partial charge in [0.1, 0.15) is 0 Å². The van der Waals surface area contributed by atoms with Crippen LogP contribution in [0, 0.1) is 6.92 Å². The van der Waals surface area contributed by atoms with Crippen LogP contribution in [0.1, 0.15) is 44.7 Å². The average Bonchev–Trinajstić information content (AvgIpc) is 2.73. The molecule has 0 bridgehead atoms. The molecule has 0 saturated carbocycles. The number of Topliss-reactive ketones (excluding diaryl/α,β-unsaturated/α-hetero) is 1. The number of hydrogen-bond donors (Lipinski definition) is 1. The van der Waals surface area contributed by atoms with Gasteiger partial charge in [-0.1, -0.05) is 72.3 Å². The summed E-state index contributed by atoms with van der Waals surface area (Å²) in [6, 6.07) is 23.1. The molecule has 0 aromatic heterocycles. The number of carbonyl (C=O) groups excluding carboxylic acids is 3. The minimum absolute atomic E-state index is 0.0665. The molecule has 3 rings (SSSR count). The Hall–Kier alpha value is -3.53. The third-order valence-corrected chi connectivity index (χ3v) is 4.40. The molecular formula is C24H21NO3. The van der Waals surface area contributed by atoms with Crippen LogP contribution in [0.5, 0.6) is 0 Å². The van der Waals surface area contributed by atoms with Crippen molar-refractivity contribution in [3.05, 3.63) is 101 Å². The summed E-state index contributed by atoms with van der Waals surface area (Å²) < 4.78 is 0. The molecule has 4 nitrogen and oxygen atoms in total. The van der Waals surface area contributed by atoms with Gasteiger partial charge < -0.3 is 5.32 Å². The minimum atomic E-state index is -0.259. The lowest BCUT2D eigenvalue weighted by Gasteiger charge is -2.07. The molecular weight excluding hydrogens is 350 g/mol. The summed E-state index contributed by atoms with van der Waals surface area (Å²) in [5, 5.41) is 2.76. The highest BCUT2D eigenvalue weighted by molar-refractivity contribution is 6.09. The first-order chi connectivity index (χ1) is 13.5. The third-order valence-electron chi connectivity index (χ3n) is 4.40. The molecule has 140 valence electrons. The van der Waals surface area contributed by atoms with E-state index in [1.165, 1.54) is 0 Å². The number of anilines is 1. The first kappa shape index (κ1) is 19.2. The zero-order valence-corrected chi connectivity index (χ0v) is 15.6. The van der Waals surface area contributed by atoms with E-state index in [0.717, 1.165) is 5.56 Å². The Morgan fingerprint density at radius 3 is 2.11 bits per heavy atom. The average molecular weight is 371 g/mol. The molecule has 0 fully saturated rings. The van der Waals surface area contributed by atoms with Crippen molar-refractivity contribution in [2.45, 2.75) is 19.8 Å². The van der Waals surface area contributed by atoms with E-state index in [0.29, 0.717) is 22.4 Å². The third kappa shape index (κ3) is 5.01. The molecule has 28 heavy (non-hydrogen) atoms. The number of amides is 1. The van der Waals surface area contributed by atoms with Crippen molar-refractivity contribution in [1.82, 2.24) is 0 Å². The molecule has 1 N–H and O–H groups in total. The van der Waals surface area contributed by atoms with Gasteiger partial charge in [0.15, 0.2) is 11.6 Å². The van der Waals surface area contributed by atoms with Crippen molar-refractivity contribution in [2.24, 2.45) is 0 Å². The van der Waals surface area contributed by atoms with Crippen LogP contribution in [0.4, 0.5) is 5.69 Å². The molecule has 0 aliphatic rings. The maximum Gasteiger partial charge on any atom is 0.224 e. The van der Waals surface area contributed by atoms with Gasteiger partial charge in [0.2, 0.25) is 5.91 Å². The number of ketones is 2.